The van der Waals surface area contributed by atoms with Crippen molar-refractivity contribution in [1.82, 2.24) is 64.5 Å². The smallest absolute Gasteiger partial charge is 0.318 e. The minimum atomic E-state index is -0.740. The van der Waals surface area contributed by atoms with Crippen molar-refractivity contribution in [2.45, 2.75) is 12.2 Å². The zero-order valence-corrected chi connectivity index (χ0v) is 76.5. The number of anilines is 4. The van der Waals surface area contributed by atoms with Crippen molar-refractivity contribution in [3.05, 3.63) is 323 Å². The number of ether oxygens (including phenoxy) is 1. The predicted octanol–water partition coefficient (Wildman–Crippen LogP) is 20.7. The first kappa shape index (κ1) is 94.2. The van der Waals surface area contributed by atoms with Crippen LogP contribution in [0.1, 0.15) is 0 Å². The van der Waals surface area contributed by atoms with Crippen molar-refractivity contribution in [3.8, 4) is 51.0 Å². The quantitative estimate of drug-likeness (QED) is 0.0560. The lowest BCUT2D eigenvalue weighted by molar-refractivity contribution is -0.128. The fourth-order valence-corrected chi connectivity index (χ4v) is 19.0. The highest BCUT2D eigenvalue weighted by Gasteiger charge is 2.38. The first-order valence-corrected chi connectivity index (χ1v) is 44.8. The number of methoxy groups -OCH3 is 1. The molecule has 16 aromatic rings. The van der Waals surface area contributed by atoms with Gasteiger partial charge in [-0.2, -0.15) is 9.97 Å². The number of nitrogens with zero attached hydrogens (tertiary/aromatic N) is 19. The SMILES string of the molecule is C=CC(=O)N1CCN(c2ccnc3c(F)c(-c4cccc5ccc(F)c(Cl)c45)ncc23)CC1.C=CC(=O)N1CCN(c2ccnc3c(F)c(-c4cccc5cccc(Cl)c45)ncc23)CC1.[C-]#[N+]C1CN(c2ccnc3c(F)c(-c4cccc5ccc(F)c(Cl)c45)ncc23)CCN1C(=O)C=C.[C-]#[N+]C[C@H]1CN(c2nc(OC)nc3c(F)c(-c4cccc5ccc(F)c(Cl)c45)ncc23)CCN1C(=O)C=C. The molecule has 4 saturated heterocycles. The molecule has 0 N–H and O–H groups in total. The molecule has 20 rings (SSSR count). The number of carbonyl (C=O) groups is 4. The second-order valence-corrected chi connectivity index (χ2v) is 33.7. The van der Waals surface area contributed by atoms with Gasteiger partial charge in [-0.15, -0.1) is 0 Å². The number of rotatable bonds is 14. The van der Waals surface area contributed by atoms with E-state index in [1.165, 1.54) is 73.1 Å². The summed E-state index contributed by atoms with van der Waals surface area (Å²) in [6.07, 6.45) is 15.3. The molecule has 0 bridgehead atoms. The zero-order valence-electron chi connectivity index (χ0n) is 73.5. The Hall–Kier alpha value is -15.5. The van der Waals surface area contributed by atoms with E-state index in [4.69, 9.17) is 64.3 Å². The Morgan fingerprint density at radius 3 is 1.15 bits per heavy atom. The van der Waals surface area contributed by atoms with Crippen molar-refractivity contribution in [2.75, 3.05) is 125 Å². The summed E-state index contributed by atoms with van der Waals surface area (Å²) in [5.74, 6) is -4.63. The fraction of sp³-hybridized carbons (Fsp3) is 0.175. The van der Waals surface area contributed by atoms with E-state index in [2.05, 4.69) is 90.7 Å². The molecule has 0 radical (unpaired) electrons. The number of hydrogen-bond acceptors (Lipinski definition) is 18. The molecule has 0 spiro atoms. The zero-order chi connectivity index (χ0) is 97.0. The van der Waals surface area contributed by atoms with Crippen LogP contribution in [0.15, 0.2) is 240 Å². The van der Waals surface area contributed by atoms with Gasteiger partial charge in [0.15, 0.2) is 23.3 Å². The first-order chi connectivity index (χ1) is 66.9. The average Bonchev–Trinajstić information content (AvgIpc) is 0.759. The van der Waals surface area contributed by atoms with Crippen molar-refractivity contribution >= 4 is 180 Å². The monoisotopic (exact) mass is 1930 g/mol. The number of piperazine rings is 4. The Morgan fingerprint density at radius 1 is 0.399 bits per heavy atom. The minimum absolute atomic E-state index is 0.0145. The van der Waals surface area contributed by atoms with Crippen LogP contribution in [0.25, 0.3) is 141 Å². The van der Waals surface area contributed by atoms with Gasteiger partial charge in [-0.25, -0.2) is 43.9 Å². The molecule has 35 heteroatoms. The summed E-state index contributed by atoms with van der Waals surface area (Å²) in [5, 5.41) is 7.05. The van der Waals surface area contributed by atoms with Crippen LogP contribution in [-0.4, -0.2) is 206 Å². The van der Waals surface area contributed by atoms with Crippen LogP contribution in [0.2, 0.25) is 20.1 Å². The van der Waals surface area contributed by atoms with Crippen molar-refractivity contribution in [1.29, 1.82) is 0 Å². The van der Waals surface area contributed by atoms with E-state index in [0.29, 0.717) is 178 Å². The molecule has 4 amide bonds. The van der Waals surface area contributed by atoms with E-state index >= 15 is 17.6 Å². The van der Waals surface area contributed by atoms with Crippen molar-refractivity contribution in [3.63, 3.8) is 0 Å². The molecule has 2 atom stereocenters. The Kier molecular flexibility index (Phi) is 27.7. The largest absolute Gasteiger partial charge is 0.467 e. The van der Waals surface area contributed by atoms with Crippen molar-refractivity contribution < 1.29 is 54.6 Å². The second kappa shape index (κ2) is 40.6. The van der Waals surface area contributed by atoms with Crippen LogP contribution in [0.3, 0.4) is 0 Å². The molecular formula is C103H78Cl4F7N19O5. The number of aromatic nitrogens is 9. The third kappa shape index (κ3) is 18.1. The molecule has 4 aliphatic heterocycles. The van der Waals surface area contributed by atoms with Crippen LogP contribution in [0.5, 0.6) is 6.01 Å². The summed E-state index contributed by atoms with van der Waals surface area (Å²) in [5.41, 5.74) is 4.79. The summed E-state index contributed by atoms with van der Waals surface area (Å²) < 4.78 is 111. The molecule has 12 heterocycles. The third-order valence-corrected chi connectivity index (χ3v) is 26.1. The highest BCUT2D eigenvalue weighted by molar-refractivity contribution is 6.38. The van der Waals surface area contributed by atoms with Gasteiger partial charge in [-0.1, -0.05) is 176 Å². The Bertz CT molecular complexity index is 7770. The van der Waals surface area contributed by atoms with Gasteiger partial charge in [0.1, 0.15) is 80.7 Å². The second-order valence-electron chi connectivity index (χ2n) is 32.2. The topological polar surface area (TPSA) is 228 Å². The molecule has 0 aliphatic carbocycles. The molecule has 0 saturated carbocycles. The lowest BCUT2D eigenvalue weighted by atomic mass is 10.00. The van der Waals surface area contributed by atoms with E-state index in [-0.39, 0.29) is 103 Å². The number of halogens is 11. The Labute approximate surface area is 805 Å². The number of amides is 4. The van der Waals surface area contributed by atoms with Gasteiger partial charge in [0.2, 0.25) is 24.3 Å². The predicted molar refractivity (Wildman–Crippen MR) is 526 cm³/mol. The van der Waals surface area contributed by atoms with Gasteiger partial charge < -0.3 is 43.9 Å². The van der Waals surface area contributed by atoms with E-state index < -0.39 is 52.9 Å². The molecule has 24 nitrogen and oxygen atoms in total. The molecule has 8 aromatic heterocycles. The van der Waals surface area contributed by atoms with E-state index in [0.717, 1.165) is 22.1 Å². The number of pyridine rings is 7. The number of hydrogen-bond donors (Lipinski definition) is 0. The van der Waals surface area contributed by atoms with Gasteiger partial charge in [0, 0.05) is 211 Å². The first-order valence-electron chi connectivity index (χ1n) is 43.3. The Balaban J connectivity index is 0.000000128. The molecule has 138 heavy (non-hydrogen) atoms. The highest BCUT2D eigenvalue weighted by Crippen LogP contribution is 2.45. The standard InChI is InChI=1S/C27H21ClF2N6O2.C26H18ClF2N5O.C25H19ClF2N4O.C25H20ClFN4O/c1-4-20(37)36-11-10-35(14-16(36)12-31-2)26-18-13-32-24(23(30)25(18)33-27(34-26)38-3)17-7-5-6-15-8-9-19(29)22(28)21(15)17;1-3-21(35)34-12-11-33(14-20(34)30-2)19-9-10-31-26-17(19)13-32-25(24(26)29)16-6-4-5-15-7-8-18(28)23(27)22(15)16;1-2-20(33)32-12-10-31(11-13-32)19-8-9-29-25-17(19)14-30-24(23(25)28)16-5-3-4-15-6-7-18(27)22(26)21(15)16;1-2-21(32)31-13-11-30(12-14-31)20-9-10-28-25-18(20)15-29-24(23(25)27)17-7-3-5-16-6-4-8-19(26)22(16)17/h4-9,13,16H,1,10-12,14H2,3H3;3-10,13,20H,1,11-12,14H2;2-9,14H,1,10-13H2;2-10,15H,1,11-14H2/t16-;;;/m0.../s1. The van der Waals surface area contributed by atoms with E-state index in [1.807, 2.05) is 52.3 Å². The van der Waals surface area contributed by atoms with Gasteiger partial charge in [0.05, 0.1) is 27.6 Å². The Morgan fingerprint density at radius 2 is 0.754 bits per heavy atom. The normalized spacial score (nSPS) is 15.0. The summed E-state index contributed by atoms with van der Waals surface area (Å²) in [6, 6.07) is 40.2. The third-order valence-electron chi connectivity index (χ3n) is 24.7. The number of fused-ring (bicyclic) bond motifs is 8. The molecule has 1 unspecified atom stereocenters. The summed E-state index contributed by atoms with van der Waals surface area (Å²) in [7, 11) is 1.38. The summed E-state index contributed by atoms with van der Waals surface area (Å²) in [6.45, 7) is 35.8. The molecule has 4 fully saturated rings. The van der Waals surface area contributed by atoms with Crippen LogP contribution >= 0.6 is 46.4 Å². The lowest BCUT2D eigenvalue weighted by Crippen LogP contribution is -2.56. The summed E-state index contributed by atoms with van der Waals surface area (Å²) >= 11 is 25.2. The van der Waals surface area contributed by atoms with Crippen LogP contribution in [0, 0.1) is 53.9 Å². The van der Waals surface area contributed by atoms with Crippen LogP contribution in [-0.2, 0) is 19.2 Å². The molecule has 4 aliphatic rings. The van der Waals surface area contributed by atoms with Gasteiger partial charge in [0.25, 0.3) is 5.91 Å². The van der Waals surface area contributed by atoms with Gasteiger partial charge in [-0.05, 0) is 88.3 Å². The molecule has 692 valence electrons. The highest BCUT2D eigenvalue weighted by atomic mass is 35.5. The number of carbonyl (C=O) groups excluding carboxylic acids is 4. The van der Waals surface area contributed by atoms with E-state index in [1.54, 1.807) is 124 Å². The average molecular weight is 1940 g/mol. The fourth-order valence-electron chi connectivity index (χ4n) is 17.9. The maximum absolute atomic E-state index is 16.1. The number of benzene rings is 8. The van der Waals surface area contributed by atoms with Gasteiger partial charge >= 0.3 is 12.2 Å². The molecule has 8 aromatic carbocycles. The minimum Gasteiger partial charge on any atom is -0.467 e. The van der Waals surface area contributed by atoms with Crippen LogP contribution < -0.4 is 24.3 Å². The lowest BCUT2D eigenvalue weighted by Gasteiger charge is -2.39. The maximum Gasteiger partial charge on any atom is 0.318 e. The van der Waals surface area contributed by atoms with Gasteiger partial charge in [-0.3, -0.25) is 63.8 Å². The van der Waals surface area contributed by atoms with E-state index in [9.17, 15) is 32.3 Å². The van der Waals surface area contributed by atoms with Crippen LogP contribution in [0.4, 0.5) is 53.6 Å². The molecular weight excluding hydrogens is 1860 g/mol. The maximum atomic E-state index is 16.1. The summed E-state index contributed by atoms with van der Waals surface area (Å²) in [4.78, 5) is 109. The van der Waals surface area contributed by atoms with Crippen molar-refractivity contribution in [2.24, 2.45) is 0 Å².